The largest absolute Gasteiger partial charge is 0.338 e. The summed E-state index contributed by atoms with van der Waals surface area (Å²) in [4.78, 5) is 28.5. The molecule has 0 unspecified atom stereocenters. The zero-order valence-corrected chi connectivity index (χ0v) is 15.9. The van der Waals surface area contributed by atoms with E-state index < -0.39 is 0 Å². The van der Waals surface area contributed by atoms with E-state index in [4.69, 9.17) is 0 Å². The number of carbonyl (C=O) groups is 2. The van der Waals surface area contributed by atoms with Crippen molar-refractivity contribution in [3.05, 3.63) is 42.0 Å². The lowest BCUT2D eigenvalue weighted by atomic mass is 9.72. The van der Waals surface area contributed by atoms with Crippen LogP contribution in [0.4, 0.5) is 10.5 Å². The van der Waals surface area contributed by atoms with Crippen LogP contribution >= 0.6 is 0 Å². The molecule has 2 aliphatic rings. The van der Waals surface area contributed by atoms with E-state index in [9.17, 15) is 9.59 Å². The van der Waals surface area contributed by atoms with Crippen LogP contribution in [0, 0.1) is 19.3 Å². The molecular weight excluding hydrogens is 326 g/mol. The zero-order chi connectivity index (χ0) is 18.7. The lowest BCUT2D eigenvalue weighted by molar-refractivity contribution is -0.138. The van der Waals surface area contributed by atoms with Gasteiger partial charge in [0.25, 0.3) is 0 Å². The second kappa shape index (κ2) is 7.52. The van der Waals surface area contributed by atoms with Crippen LogP contribution in [0.1, 0.15) is 36.8 Å². The molecule has 0 bridgehead atoms. The van der Waals surface area contributed by atoms with Crippen LogP contribution in [0.25, 0.3) is 0 Å². The third-order valence-corrected chi connectivity index (χ3v) is 5.83. The Hall–Kier alpha value is -2.30. The predicted molar refractivity (Wildman–Crippen MR) is 104 cm³/mol. The highest BCUT2D eigenvalue weighted by Crippen LogP contribution is 2.40. The number of urea groups is 1. The molecular formula is C21H29N3O2. The van der Waals surface area contributed by atoms with E-state index in [0.717, 1.165) is 50.1 Å². The highest BCUT2D eigenvalue weighted by atomic mass is 16.2. The summed E-state index contributed by atoms with van der Waals surface area (Å²) in [7, 11) is 0. The first-order valence-corrected chi connectivity index (χ1v) is 9.44. The van der Waals surface area contributed by atoms with Gasteiger partial charge in [-0.15, -0.1) is 6.58 Å². The van der Waals surface area contributed by atoms with Crippen LogP contribution in [0.15, 0.2) is 30.9 Å². The van der Waals surface area contributed by atoms with Crippen molar-refractivity contribution in [1.29, 1.82) is 0 Å². The number of anilines is 1. The first-order valence-electron chi connectivity index (χ1n) is 9.44. The average Bonchev–Trinajstić information content (AvgIpc) is 2.61. The maximum absolute atomic E-state index is 12.6. The monoisotopic (exact) mass is 355 g/mol. The summed E-state index contributed by atoms with van der Waals surface area (Å²) in [5.41, 5.74) is 3.31. The Bertz CT molecular complexity index is 705. The fraction of sp³-hybridized carbons (Fsp3) is 0.524. The van der Waals surface area contributed by atoms with Crippen molar-refractivity contribution in [2.24, 2.45) is 5.41 Å². The Morgan fingerprint density at radius 2 is 2.00 bits per heavy atom. The lowest BCUT2D eigenvalue weighted by Crippen LogP contribution is -2.52. The average molecular weight is 355 g/mol. The molecule has 1 aromatic carbocycles. The summed E-state index contributed by atoms with van der Waals surface area (Å²) in [5, 5.41) is 3.04. The van der Waals surface area contributed by atoms with Crippen molar-refractivity contribution in [3.8, 4) is 0 Å². The van der Waals surface area contributed by atoms with Crippen LogP contribution < -0.4 is 5.32 Å². The second-order valence-corrected chi connectivity index (χ2v) is 7.80. The van der Waals surface area contributed by atoms with E-state index in [1.54, 1.807) is 6.08 Å². The first-order chi connectivity index (χ1) is 12.4. The summed E-state index contributed by atoms with van der Waals surface area (Å²) in [6.07, 6.45) is 5.25. The van der Waals surface area contributed by atoms with Crippen LogP contribution in [-0.4, -0.2) is 47.9 Å². The first kappa shape index (κ1) is 18.5. The smallest absolute Gasteiger partial charge is 0.321 e. The zero-order valence-electron chi connectivity index (χ0n) is 15.9. The molecule has 0 aliphatic carbocycles. The van der Waals surface area contributed by atoms with E-state index in [2.05, 4.69) is 18.0 Å². The molecule has 0 saturated carbocycles. The van der Waals surface area contributed by atoms with Crippen molar-refractivity contribution in [1.82, 2.24) is 9.80 Å². The van der Waals surface area contributed by atoms with E-state index in [-0.39, 0.29) is 17.4 Å². The molecule has 2 heterocycles. The lowest BCUT2D eigenvalue weighted by Gasteiger charge is -2.47. The number of nitrogens with zero attached hydrogens (tertiary/aromatic N) is 2. The number of hydrogen-bond acceptors (Lipinski definition) is 2. The number of likely N-dealkylation sites (tertiary alicyclic amines) is 2. The molecule has 2 saturated heterocycles. The van der Waals surface area contributed by atoms with Crippen LogP contribution in [0.5, 0.6) is 0 Å². The van der Waals surface area contributed by atoms with Gasteiger partial charge in [-0.1, -0.05) is 23.8 Å². The van der Waals surface area contributed by atoms with Gasteiger partial charge in [0.1, 0.15) is 0 Å². The van der Waals surface area contributed by atoms with Crippen LogP contribution in [-0.2, 0) is 4.79 Å². The molecule has 3 rings (SSSR count). The van der Waals surface area contributed by atoms with Gasteiger partial charge < -0.3 is 15.1 Å². The molecule has 1 N–H and O–H groups in total. The quantitative estimate of drug-likeness (QED) is 0.840. The minimum Gasteiger partial charge on any atom is -0.338 e. The van der Waals surface area contributed by atoms with Gasteiger partial charge in [-0.05, 0) is 50.2 Å². The number of rotatable bonds is 3. The van der Waals surface area contributed by atoms with Gasteiger partial charge in [-0.25, -0.2) is 4.79 Å². The van der Waals surface area contributed by atoms with Gasteiger partial charge in [0.05, 0.1) is 0 Å². The van der Waals surface area contributed by atoms with Gasteiger partial charge in [0.2, 0.25) is 5.91 Å². The molecule has 1 aromatic rings. The summed E-state index contributed by atoms with van der Waals surface area (Å²) in [5.74, 6) is 0.227. The molecule has 3 amide bonds. The standard InChI is InChI=1S/C21H29N3O2/c1-4-11-24-15-21(8-7-19(24)25)9-12-23(13-10-21)20(26)22-18-6-5-16(2)14-17(18)3/h4-6,14H,1,7-13,15H2,2-3H3,(H,22,26). The third-order valence-electron chi connectivity index (χ3n) is 5.83. The molecule has 26 heavy (non-hydrogen) atoms. The van der Waals surface area contributed by atoms with Crippen LogP contribution in [0.3, 0.4) is 0 Å². The Morgan fingerprint density at radius 3 is 2.65 bits per heavy atom. The van der Waals surface area contributed by atoms with E-state index >= 15 is 0 Å². The number of amides is 3. The van der Waals surface area contributed by atoms with Crippen molar-refractivity contribution < 1.29 is 9.59 Å². The predicted octanol–water partition coefficient (Wildman–Crippen LogP) is 3.73. The Morgan fingerprint density at radius 1 is 1.27 bits per heavy atom. The van der Waals surface area contributed by atoms with Crippen molar-refractivity contribution >= 4 is 17.6 Å². The fourth-order valence-electron chi connectivity index (χ4n) is 4.16. The fourth-order valence-corrected chi connectivity index (χ4v) is 4.16. The Balaban J connectivity index is 1.58. The molecule has 2 aliphatic heterocycles. The molecule has 5 heteroatoms. The third kappa shape index (κ3) is 3.92. The SMILES string of the molecule is C=CCN1CC2(CCC1=O)CCN(C(=O)Nc1ccc(C)cc1C)CC2. The summed E-state index contributed by atoms with van der Waals surface area (Å²) >= 11 is 0. The summed E-state index contributed by atoms with van der Waals surface area (Å²) in [6, 6.07) is 6.03. The molecule has 0 radical (unpaired) electrons. The molecule has 140 valence electrons. The molecule has 2 fully saturated rings. The normalized spacial score (nSPS) is 19.5. The number of hydrogen-bond donors (Lipinski definition) is 1. The summed E-state index contributed by atoms with van der Waals surface area (Å²) in [6.45, 7) is 10.7. The second-order valence-electron chi connectivity index (χ2n) is 7.80. The molecule has 0 atom stereocenters. The van der Waals surface area contributed by atoms with E-state index in [1.807, 2.05) is 35.8 Å². The topological polar surface area (TPSA) is 52.7 Å². The number of nitrogens with one attached hydrogen (secondary N) is 1. The molecule has 5 nitrogen and oxygen atoms in total. The number of benzene rings is 1. The van der Waals surface area contributed by atoms with Gasteiger partial charge in [-0.2, -0.15) is 0 Å². The maximum atomic E-state index is 12.6. The molecule has 1 spiro atoms. The number of piperidine rings is 2. The molecule has 0 aromatic heterocycles. The van der Waals surface area contributed by atoms with Gasteiger partial charge in [0.15, 0.2) is 0 Å². The highest BCUT2D eigenvalue weighted by Gasteiger charge is 2.41. The van der Waals surface area contributed by atoms with Gasteiger partial charge in [0, 0.05) is 38.3 Å². The van der Waals surface area contributed by atoms with Crippen molar-refractivity contribution in [3.63, 3.8) is 0 Å². The van der Waals surface area contributed by atoms with Crippen molar-refractivity contribution in [2.75, 3.05) is 31.5 Å². The maximum Gasteiger partial charge on any atom is 0.321 e. The Kier molecular flexibility index (Phi) is 5.35. The number of carbonyl (C=O) groups excluding carboxylic acids is 2. The van der Waals surface area contributed by atoms with Crippen LogP contribution in [0.2, 0.25) is 0 Å². The minimum absolute atomic E-state index is 0.0263. The Labute approximate surface area is 156 Å². The van der Waals surface area contributed by atoms with E-state index in [1.165, 1.54) is 5.56 Å². The van der Waals surface area contributed by atoms with Crippen molar-refractivity contribution in [2.45, 2.75) is 39.5 Å². The highest BCUT2D eigenvalue weighted by molar-refractivity contribution is 5.90. The summed E-state index contributed by atoms with van der Waals surface area (Å²) < 4.78 is 0. The minimum atomic E-state index is -0.0263. The number of aryl methyl sites for hydroxylation is 2. The van der Waals surface area contributed by atoms with E-state index in [0.29, 0.717) is 13.0 Å². The van der Waals surface area contributed by atoms with Gasteiger partial charge in [-0.3, -0.25) is 4.79 Å². The van der Waals surface area contributed by atoms with Gasteiger partial charge >= 0.3 is 6.03 Å².